The topological polar surface area (TPSA) is 6.48 Å². The van der Waals surface area contributed by atoms with Crippen molar-refractivity contribution in [3.05, 3.63) is 24.0 Å². The van der Waals surface area contributed by atoms with E-state index in [9.17, 15) is 0 Å². The van der Waals surface area contributed by atoms with Crippen LogP contribution in [0.3, 0.4) is 0 Å². The molecule has 0 bridgehead atoms. The van der Waals surface area contributed by atoms with Gasteiger partial charge in [0.15, 0.2) is 0 Å². The van der Waals surface area contributed by atoms with E-state index >= 15 is 0 Å². The standard InChI is InChI=1S/C16H32N2/c1-8-15(9-2)12-13-18(7)14(5)16(10-3)17(6)11-4/h10,15H,5,8-9,11-13H2,1-4,6-7H3/b16-10-. The van der Waals surface area contributed by atoms with Gasteiger partial charge in [0.2, 0.25) is 0 Å². The minimum atomic E-state index is 0.846. The Labute approximate surface area is 114 Å². The highest BCUT2D eigenvalue weighted by atomic mass is 15.2. The average Bonchev–Trinajstić information content (AvgIpc) is 2.39. The molecule has 0 heterocycles. The lowest BCUT2D eigenvalue weighted by Gasteiger charge is -2.30. The fourth-order valence-electron chi connectivity index (χ4n) is 2.18. The number of allylic oxidation sites excluding steroid dienone is 1. The fourth-order valence-corrected chi connectivity index (χ4v) is 2.18. The van der Waals surface area contributed by atoms with Gasteiger partial charge in [-0.2, -0.15) is 0 Å². The van der Waals surface area contributed by atoms with Crippen molar-refractivity contribution in [2.24, 2.45) is 5.92 Å². The van der Waals surface area contributed by atoms with Crippen molar-refractivity contribution in [2.45, 2.75) is 47.0 Å². The van der Waals surface area contributed by atoms with Crippen molar-refractivity contribution in [1.29, 1.82) is 0 Å². The number of hydrogen-bond acceptors (Lipinski definition) is 2. The van der Waals surface area contributed by atoms with Crippen LogP contribution >= 0.6 is 0 Å². The molecule has 0 saturated heterocycles. The molecule has 2 heteroatoms. The van der Waals surface area contributed by atoms with Gasteiger partial charge in [-0.05, 0) is 26.2 Å². The molecule has 0 unspecified atom stereocenters. The molecule has 0 rings (SSSR count). The number of hydrogen-bond donors (Lipinski definition) is 0. The van der Waals surface area contributed by atoms with E-state index in [-0.39, 0.29) is 0 Å². The third-order valence-corrected chi connectivity index (χ3v) is 3.94. The van der Waals surface area contributed by atoms with E-state index in [1.807, 2.05) is 0 Å². The van der Waals surface area contributed by atoms with E-state index < -0.39 is 0 Å². The smallest absolute Gasteiger partial charge is 0.0551 e. The lowest BCUT2D eigenvalue weighted by molar-refractivity contribution is 0.329. The van der Waals surface area contributed by atoms with Gasteiger partial charge >= 0.3 is 0 Å². The first-order chi connectivity index (χ1) is 8.51. The molecule has 0 aromatic carbocycles. The molecule has 0 aliphatic rings. The average molecular weight is 252 g/mol. The van der Waals surface area contributed by atoms with Crippen LogP contribution in [-0.4, -0.2) is 37.0 Å². The Kier molecular flexibility index (Phi) is 8.61. The van der Waals surface area contributed by atoms with Crippen molar-refractivity contribution in [3.63, 3.8) is 0 Å². The number of likely N-dealkylation sites (N-methyl/N-ethyl adjacent to an activating group) is 2. The number of nitrogens with zero attached hydrogens (tertiary/aromatic N) is 2. The normalized spacial score (nSPS) is 11.8. The lowest BCUT2D eigenvalue weighted by Crippen LogP contribution is -2.28. The maximum absolute atomic E-state index is 4.24. The zero-order valence-electron chi connectivity index (χ0n) is 13.3. The summed E-state index contributed by atoms with van der Waals surface area (Å²) in [5.74, 6) is 0.846. The third-order valence-electron chi connectivity index (χ3n) is 3.94. The third kappa shape index (κ3) is 5.16. The molecule has 18 heavy (non-hydrogen) atoms. The molecule has 0 aromatic heterocycles. The molecule has 0 atom stereocenters. The van der Waals surface area contributed by atoms with Crippen LogP contribution in [0.1, 0.15) is 47.0 Å². The van der Waals surface area contributed by atoms with Gasteiger partial charge in [-0.25, -0.2) is 0 Å². The predicted octanol–water partition coefficient (Wildman–Crippen LogP) is 4.11. The molecular weight excluding hydrogens is 220 g/mol. The van der Waals surface area contributed by atoms with Crippen LogP contribution in [0.4, 0.5) is 0 Å². The highest BCUT2D eigenvalue weighted by Crippen LogP contribution is 2.18. The second-order valence-corrected chi connectivity index (χ2v) is 5.03. The minimum Gasteiger partial charge on any atom is -0.373 e. The summed E-state index contributed by atoms with van der Waals surface area (Å²) in [4.78, 5) is 4.54. The van der Waals surface area contributed by atoms with E-state index in [2.05, 4.69) is 64.2 Å². The molecule has 0 spiro atoms. The summed E-state index contributed by atoms with van der Waals surface area (Å²) in [5, 5.41) is 0. The fraction of sp³-hybridized carbons (Fsp3) is 0.750. The molecule has 0 amide bonds. The molecule has 0 saturated carbocycles. The van der Waals surface area contributed by atoms with Gasteiger partial charge in [-0.15, -0.1) is 0 Å². The van der Waals surface area contributed by atoms with Crippen LogP contribution in [0.2, 0.25) is 0 Å². The molecule has 0 N–H and O–H groups in total. The first-order valence-electron chi connectivity index (χ1n) is 7.29. The predicted molar refractivity (Wildman–Crippen MR) is 82.5 cm³/mol. The molecular formula is C16H32N2. The van der Waals surface area contributed by atoms with Crippen molar-refractivity contribution < 1.29 is 0 Å². The van der Waals surface area contributed by atoms with Crippen LogP contribution in [0.15, 0.2) is 24.0 Å². The summed E-state index contributed by atoms with van der Waals surface area (Å²) in [6, 6.07) is 0. The van der Waals surface area contributed by atoms with Crippen LogP contribution in [0.25, 0.3) is 0 Å². The SMILES string of the molecule is C=C(/C(=C/C)N(C)CC)N(C)CCC(CC)CC. The van der Waals surface area contributed by atoms with Crippen LogP contribution < -0.4 is 0 Å². The van der Waals surface area contributed by atoms with E-state index in [0.29, 0.717) is 0 Å². The van der Waals surface area contributed by atoms with Crippen LogP contribution in [0.5, 0.6) is 0 Å². The maximum atomic E-state index is 4.24. The van der Waals surface area contributed by atoms with Crippen LogP contribution in [-0.2, 0) is 0 Å². The van der Waals surface area contributed by atoms with Gasteiger partial charge in [0.25, 0.3) is 0 Å². The Morgan fingerprint density at radius 3 is 2.06 bits per heavy atom. The second kappa shape index (κ2) is 9.07. The number of rotatable bonds is 9. The summed E-state index contributed by atoms with van der Waals surface area (Å²) in [6.07, 6.45) is 5.97. The lowest BCUT2D eigenvalue weighted by atomic mass is 9.99. The van der Waals surface area contributed by atoms with E-state index in [1.54, 1.807) is 0 Å². The monoisotopic (exact) mass is 252 g/mol. The Balaban J connectivity index is 4.41. The summed E-state index contributed by atoms with van der Waals surface area (Å²) in [5.41, 5.74) is 2.37. The van der Waals surface area contributed by atoms with Gasteiger partial charge in [-0.3, -0.25) is 0 Å². The van der Waals surface area contributed by atoms with Gasteiger partial charge in [0.05, 0.1) is 11.4 Å². The van der Waals surface area contributed by atoms with Crippen molar-refractivity contribution >= 4 is 0 Å². The molecule has 0 aromatic rings. The van der Waals surface area contributed by atoms with E-state index in [0.717, 1.165) is 24.7 Å². The Morgan fingerprint density at radius 1 is 1.11 bits per heavy atom. The highest BCUT2D eigenvalue weighted by molar-refractivity contribution is 5.24. The Morgan fingerprint density at radius 2 is 1.67 bits per heavy atom. The summed E-state index contributed by atoms with van der Waals surface area (Å²) in [6.45, 7) is 15.2. The first-order valence-corrected chi connectivity index (χ1v) is 7.29. The Bertz CT molecular complexity index is 264. The summed E-state index contributed by atoms with van der Waals surface area (Å²) in [7, 11) is 4.27. The molecule has 2 nitrogen and oxygen atoms in total. The van der Waals surface area contributed by atoms with Crippen molar-refractivity contribution in [3.8, 4) is 0 Å². The van der Waals surface area contributed by atoms with Gasteiger partial charge < -0.3 is 9.80 Å². The van der Waals surface area contributed by atoms with E-state index in [4.69, 9.17) is 0 Å². The van der Waals surface area contributed by atoms with Crippen molar-refractivity contribution in [1.82, 2.24) is 9.80 Å². The van der Waals surface area contributed by atoms with Gasteiger partial charge in [0.1, 0.15) is 0 Å². The molecule has 0 fully saturated rings. The second-order valence-electron chi connectivity index (χ2n) is 5.03. The zero-order valence-corrected chi connectivity index (χ0v) is 13.3. The Hall–Kier alpha value is -0.920. The first kappa shape index (κ1) is 17.1. The minimum absolute atomic E-state index is 0.846. The summed E-state index contributed by atoms with van der Waals surface area (Å²) < 4.78 is 0. The molecule has 0 aliphatic heterocycles. The van der Waals surface area contributed by atoms with Crippen molar-refractivity contribution in [2.75, 3.05) is 27.2 Å². The van der Waals surface area contributed by atoms with Gasteiger partial charge in [0, 0.05) is 27.2 Å². The van der Waals surface area contributed by atoms with Gasteiger partial charge in [-0.1, -0.05) is 39.3 Å². The summed E-state index contributed by atoms with van der Waals surface area (Å²) >= 11 is 0. The molecule has 0 radical (unpaired) electrons. The van der Waals surface area contributed by atoms with E-state index in [1.165, 1.54) is 25.0 Å². The largest absolute Gasteiger partial charge is 0.373 e. The quantitative estimate of drug-likeness (QED) is 0.570. The van der Waals surface area contributed by atoms with Crippen LogP contribution in [0, 0.1) is 5.92 Å². The zero-order chi connectivity index (χ0) is 14.1. The highest BCUT2D eigenvalue weighted by Gasteiger charge is 2.12. The maximum Gasteiger partial charge on any atom is 0.0551 e. The molecule has 106 valence electrons. The molecule has 0 aliphatic carbocycles.